The topological polar surface area (TPSA) is 162 Å². The highest BCUT2D eigenvalue weighted by atomic mass is 32.2. The molecule has 0 aromatic heterocycles. The van der Waals surface area contributed by atoms with Gasteiger partial charge in [0.1, 0.15) is 23.5 Å². The number of carbonyl (C=O) groups is 5. The van der Waals surface area contributed by atoms with Crippen molar-refractivity contribution in [1.82, 2.24) is 24.7 Å². The van der Waals surface area contributed by atoms with Crippen LogP contribution >= 0.6 is 0 Å². The van der Waals surface area contributed by atoms with Crippen molar-refractivity contribution in [2.45, 2.75) is 74.5 Å². The molecule has 2 N–H and O–H groups in total. The third-order valence-electron chi connectivity index (χ3n) is 9.02. The van der Waals surface area contributed by atoms with Crippen LogP contribution in [0.1, 0.15) is 49.7 Å². The number of fused-ring (bicyclic) bond motifs is 1. The van der Waals surface area contributed by atoms with E-state index >= 15 is 0 Å². The van der Waals surface area contributed by atoms with Gasteiger partial charge in [0.15, 0.2) is 0 Å². The van der Waals surface area contributed by atoms with E-state index in [2.05, 4.69) is 23.2 Å². The Morgan fingerprint density at radius 1 is 1.17 bits per heavy atom. The van der Waals surface area contributed by atoms with Gasteiger partial charge in [-0.2, -0.15) is 0 Å². The molecule has 0 radical (unpaired) electrons. The average Bonchev–Trinajstić information content (AvgIpc) is 3.91. The van der Waals surface area contributed by atoms with Gasteiger partial charge in [-0.3, -0.25) is 28.8 Å². The Labute approximate surface area is 266 Å². The summed E-state index contributed by atoms with van der Waals surface area (Å²) in [4.78, 5) is 69.3. The van der Waals surface area contributed by atoms with Gasteiger partial charge in [-0.15, -0.1) is 6.58 Å². The fourth-order valence-corrected chi connectivity index (χ4v) is 7.39. The second kappa shape index (κ2) is 12.9. The number of halogens is 1. The third kappa shape index (κ3) is 6.78. The summed E-state index contributed by atoms with van der Waals surface area (Å²) in [5, 5.41) is 2.03. The van der Waals surface area contributed by atoms with Crippen molar-refractivity contribution in [2.75, 3.05) is 20.1 Å². The summed E-state index contributed by atoms with van der Waals surface area (Å²) >= 11 is 0. The molecule has 13 nitrogen and oxygen atoms in total. The molecule has 1 aromatic carbocycles. The van der Waals surface area contributed by atoms with Gasteiger partial charge >= 0.3 is 6.09 Å². The molecule has 5 rings (SSSR count). The van der Waals surface area contributed by atoms with Gasteiger partial charge in [-0.05, 0) is 43.4 Å². The van der Waals surface area contributed by atoms with Crippen LogP contribution in [0.3, 0.4) is 0 Å². The smallest absolute Gasteiger partial charge is 0.410 e. The van der Waals surface area contributed by atoms with E-state index in [1.165, 1.54) is 26.8 Å². The molecule has 0 bridgehead atoms. The summed E-state index contributed by atoms with van der Waals surface area (Å²) in [7, 11) is -2.32. The van der Waals surface area contributed by atoms with Crippen LogP contribution in [0.4, 0.5) is 9.18 Å². The number of benzene rings is 1. The molecular formula is C31H38FN5O8S. The second-order valence-electron chi connectivity index (χ2n) is 12.3. The molecule has 3 fully saturated rings. The van der Waals surface area contributed by atoms with Crippen molar-refractivity contribution >= 4 is 39.7 Å². The number of amides is 5. The van der Waals surface area contributed by atoms with Crippen LogP contribution in [0.2, 0.25) is 0 Å². The molecule has 1 saturated heterocycles. The van der Waals surface area contributed by atoms with E-state index in [9.17, 15) is 36.8 Å². The molecule has 2 heterocycles. The van der Waals surface area contributed by atoms with E-state index in [0.29, 0.717) is 24.0 Å². The van der Waals surface area contributed by atoms with Crippen molar-refractivity contribution in [3.8, 4) is 0 Å². The highest BCUT2D eigenvalue weighted by Crippen LogP contribution is 2.45. The SMILES string of the molecule is C=CC(=O)N(C)CCCC(=O)N1C[C@H](OC(=O)N2Cc3cccc(F)c3C2)C[C@H]1C(=O)N[C@]1(C(=O)NS(=O)(=O)C2CC2)CC1C=C. The second-order valence-corrected chi connectivity index (χ2v) is 14.2. The van der Waals surface area contributed by atoms with Gasteiger partial charge in [0.25, 0.3) is 5.91 Å². The number of hydrogen-bond donors (Lipinski definition) is 2. The van der Waals surface area contributed by atoms with Crippen LogP contribution in [0.25, 0.3) is 0 Å². The first-order valence-electron chi connectivity index (χ1n) is 15.2. The molecule has 15 heteroatoms. The molecule has 46 heavy (non-hydrogen) atoms. The van der Waals surface area contributed by atoms with Crippen molar-refractivity contribution in [1.29, 1.82) is 0 Å². The first-order valence-corrected chi connectivity index (χ1v) is 16.7. The zero-order valence-corrected chi connectivity index (χ0v) is 26.4. The lowest BCUT2D eigenvalue weighted by Gasteiger charge is -2.26. The number of nitrogens with zero attached hydrogens (tertiary/aromatic N) is 3. The maximum atomic E-state index is 14.3. The van der Waals surface area contributed by atoms with E-state index in [0.717, 1.165) is 6.08 Å². The molecule has 2 aliphatic carbocycles. The quantitative estimate of drug-likeness (QED) is 0.251. The normalized spacial score (nSPS) is 24.9. The van der Waals surface area contributed by atoms with Gasteiger partial charge in [-0.1, -0.05) is 24.8 Å². The van der Waals surface area contributed by atoms with Crippen LogP contribution in [-0.4, -0.2) is 95.9 Å². The standard InChI is InChI=1S/C31H38FN5O8S/c1-4-20-15-31(20,29(41)34-46(43,44)22-11-12-22)33-28(40)25-14-21(17-37(25)27(39)10-7-13-35(3)26(38)5-2)45-30(42)36-16-19-8-6-9-24(32)23(19)18-36/h4-6,8-9,20-22,25H,1-2,7,10-18H2,3H3,(H,33,40)(H,34,41)/t20?,21-,25+,31-/m1/s1. The minimum absolute atomic E-state index is 0.0153. The molecule has 1 aromatic rings. The number of carbonyl (C=O) groups excluding carboxylic acids is 5. The fraction of sp³-hybridized carbons (Fsp3) is 0.516. The molecule has 1 unspecified atom stereocenters. The van der Waals surface area contributed by atoms with Gasteiger partial charge in [-0.25, -0.2) is 17.6 Å². The monoisotopic (exact) mass is 659 g/mol. The molecule has 0 spiro atoms. The molecule has 4 aliphatic rings. The van der Waals surface area contributed by atoms with E-state index in [-0.39, 0.29) is 57.8 Å². The zero-order valence-electron chi connectivity index (χ0n) is 25.6. The Balaban J connectivity index is 1.28. The fourth-order valence-electron chi connectivity index (χ4n) is 6.03. The first-order chi connectivity index (χ1) is 21.8. The van der Waals surface area contributed by atoms with Gasteiger partial charge in [0.2, 0.25) is 27.7 Å². The molecule has 5 amide bonds. The number of rotatable bonds is 12. The highest BCUT2D eigenvalue weighted by molar-refractivity contribution is 7.91. The summed E-state index contributed by atoms with van der Waals surface area (Å²) in [6.07, 6.45) is 2.20. The van der Waals surface area contributed by atoms with E-state index < -0.39 is 68.5 Å². The number of hydrogen-bond acceptors (Lipinski definition) is 8. The Kier molecular flexibility index (Phi) is 9.25. The molecular weight excluding hydrogens is 621 g/mol. The molecule has 2 saturated carbocycles. The average molecular weight is 660 g/mol. The van der Waals surface area contributed by atoms with Crippen molar-refractivity contribution < 1.29 is 41.5 Å². The molecule has 2 aliphatic heterocycles. The van der Waals surface area contributed by atoms with Crippen molar-refractivity contribution in [2.24, 2.45) is 5.92 Å². The third-order valence-corrected chi connectivity index (χ3v) is 10.8. The maximum Gasteiger partial charge on any atom is 0.410 e. The number of sulfonamides is 1. The van der Waals surface area contributed by atoms with Gasteiger partial charge < -0.3 is 19.9 Å². The minimum atomic E-state index is -3.89. The van der Waals surface area contributed by atoms with Crippen LogP contribution in [-0.2, 0) is 47.0 Å². The van der Waals surface area contributed by atoms with Crippen molar-refractivity contribution in [3.05, 3.63) is 60.5 Å². The largest absolute Gasteiger partial charge is 0.444 e. The Morgan fingerprint density at radius 2 is 1.91 bits per heavy atom. The Morgan fingerprint density at radius 3 is 2.54 bits per heavy atom. The first kappa shape index (κ1) is 33.1. The predicted molar refractivity (Wildman–Crippen MR) is 162 cm³/mol. The summed E-state index contributed by atoms with van der Waals surface area (Å²) in [6, 6.07) is 3.45. The number of ether oxygens (including phenoxy) is 1. The summed E-state index contributed by atoms with van der Waals surface area (Å²) in [5.74, 6) is -3.27. The summed E-state index contributed by atoms with van der Waals surface area (Å²) < 4.78 is 47.0. The van der Waals surface area contributed by atoms with Crippen LogP contribution in [0.5, 0.6) is 0 Å². The maximum absolute atomic E-state index is 14.3. The number of nitrogens with one attached hydrogen (secondary N) is 2. The van der Waals surface area contributed by atoms with E-state index in [1.54, 1.807) is 19.2 Å². The van der Waals surface area contributed by atoms with E-state index in [4.69, 9.17) is 4.74 Å². The minimum Gasteiger partial charge on any atom is -0.444 e. The Hall–Kier alpha value is -4.27. The van der Waals surface area contributed by atoms with Crippen LogP contribution < -0.4 is 10.0 Å². The highest BCUT2D eigenvalue weighted by Gasteiger charge is 2.62. The molecule has 4 atom stereocenters. The zero-order chi connectivity index (χ0) is 33.4. The lowest BCUT2D eigenvalue weighted by atomic mass is 10.1. The summed E-state index contributed by atoms with van der Waals surface area (Å²) in [6.45, 7) is 7.44. The Bertz CT molecular complexity index is 1580. The number of likely N-dealkylation sites (tertiary alicyclic amines) is 1. The van der Waals surface area contributed by atoms with Gasteiger partial charge in [0, 0.05) is 44.5 Å². The van der Waals surface area contributed by atoms with Crippen LogP contribution in [0, 0.1) is 11.7 Å². The van der Waals surface area contributed by atoms with Gasteiger partial charge in [0.05, 0.1) is 18.3 Å². The molecule has 248 valence electrons. The number of likely N-dealkylation sites (N-methyl/N-ethyl adjacent to an activating group) is 1. The predicted octanol–water partition coefficient (Wildman–Crippen LogP) is 1.34. The van der Waals surface area contributed by atoms with E-state index in [1.807, 2.05) is 0 Å². The lowest BCUT2D eigenvalue weighted by Crippen LogP contribution is -2.56. The summed E-state index contributed by atoms with van der Waals surface area (Å²) in [5.41, 5.74) is -0.497. The lowest BCUT2D eigenvalue weighted by molar-refractivity contribution is -0.140. The van der Waals surface area contributed by atoms with Crippen molar-refractivity contribution in [3.63, 3.8) is 0 Å². The van der Waals surface area contributed by atoms with Crippen LogP contribution in [0.15, 0.2) is 43.5 Å².